The van der Waals surface area contributed by atoms with Crippen molar-refractivity contribution in [2.75, 3.05) is 33.3 Å². The molecule has 0 N–H and O–H groups in total. The molecule has 2 atom stereocenters. The molecule has 7 rings (SSSR count). The van der Waals surface area contributed by atoms with Crippen LogP contribution in [0.5, 0.6) is 23.0 Å². The molecule has 0 spiro atoms. The van der Waals surface area contributed by atoms with Crippen molar-refractivity contribution in [3.8, 4) is 56.7 Å². The van der Waals surface area contributed by atoms with E-state index in [9.17, 15) is 0 Å². The number of nitrogens with zero attached hydrogens (tertiary/aromatic N) is 3. The fourth-order valence-electron chi connectivity index (χ4n) is 6.49. The van der Waals surface area contributed by atoms with Gasteiger partial charge in [-0.2, -0.15) is 0 Å². The molecule has 8 heteroatoms. The molecule has 0 fully saturated rings. The maximum atomic E-state index is 5.69. The standard InChI is InChI=1S/C40H37N3O4S/c1-44-34-18-16-32(17-19-34)43(33-24-36(45-2)38(47-4)37(25-33)46-3)21-20-31-22-29-14-15-30(29)23-35(31)40-42-41-39(48-40)28-12-10-27(11-13-28)26-8-6-5-7-9-26/h5-13,16-19,24-25,31,35H,14-15,22-23H2,1-4H3. The number of rotatable bonds is 9. The molecule has 48 heavy (non-hydrogen) atoms. The zero-order valence-electron chi connectivity index (χ0n) is 27.5. The van der Waals surface area contributed by atoms with Gasteiger partial charge in [0.1, 0.15) is 15.8 Å². The Morgan fingerprint density at radius 3 is 1.94 bits per heavy atom. The molecule has 2 unspecified atom stereocenters. The summed E-state index contributed by atoms with van der Waals surface area (Å²) in [5.41, 5.74) is 8.28. The lowest BCUT2D eigenvalue weighted by atomic mass is 9.69. The van der Waals surface area contributed by atoms with Crippen molar-refractivity contribution < 1.29 is 18.9 Å². The first-order chi connectivity index (χ1) is 23.6. The molecule has 2 aliphatic carbocycles. The largest absolute Gasteiger partial charge is 0.497 e. The van der Waals surface area contributed by atoms with E-state index in [0.29, 0.717) is 17.2 Å². The van der Waals surface area contributed by atoms with Gasteiger partial charge in [-0.1, -0.05) is 83.0 Å². The summed E-state index contributed by atoms with van der Waals surface area (Å²) < 4.78 is 22.4. The molecular weight excluding hydrogens is 619 g/mol. The molecule has 0 saturated heterocycles. The van der Waals surface area contributed by atoms with E-state index in [0.717, 1.165) is 52.0 Å². The summed E-state index contributed by atoms with van der Waals surface area (Å²) in [6.45, 7) is 0. The number of hydrogen-bond donors (Lipinski definition) is 0. The molecule has 4 aromatic carbocycles. The van der Waals surface area contributed by atoms with Gasteiger partial charge in [0.05, 0.1) is 39.8 Å². The Morgan fingerprint density at radius 2 is 1.31 bits per heavy atom. The SMILES string of the molecule is COc1ccc(N(C#CC2CC3=C(CC3)CC2c2nnc(-c3ccc(-c4ccccc4)cc3)s2)c2cc(OC)c(OC)c(OC)c2)cc1. The Labute approximate surface area is 285 Å². The van der Waals surface area contributed by atoms with E-state index in [1.54, 1.807) is 50.9 Å². The van der Waals surface area contributed by atoms with Crippen molar-refractivity contribution >= 4 is 22.7 Å². The van der Waals surface area contributed by atoms with E-state index in [-0.39, 0.29) is 11.8 Å². The van der Waals surface area contributed by atoms with E-state index in [1.807, 2.05) is 47.4 Å². The summed E-state index contributed by atoms with van der Waals surface area (Å²) in [7, 11) is 6.51. The number of aromatic nitrogens is 2. The van der Waals surface area contributed by atoms with Gasteiger partial charge in [-0.25, -0.2) is 0 Å². The van der Waals surface area contributed by atoms with Crippen molar-refractivity contribution in [2.45, 2.75) is 31.6 Å². The zero-order valence-corrected chi connectivity index (χ0v) is 28.3. The van der Waals surface area contributed by atoms with Gasteiger partial charge in [0.2, 0.25) is 5.75 Å². The maximum Gasteiger partial charge on any atom is 0.203 e. The highest BCUT2D eigenvalue weighted by molar-refractivity contribution is 7.14. The number of ether oxygens (including phenoxy) is 4. The van der Waals surface area contributed by atoms with Crippen LogP contribution in [-0.4, -0.2) is 38.6 Å². The summed E-state index contributed by atoms with van der Waals surface area (Å²) >= 11 is 1.68. The van der Waals surface area contributed by atoms with Crippen molar-refractivity contribution in [3.05, 3.63) is 107 Å². The maximum absolute atomic E-state index is 5.69. The Hall–Kier alpha value is -5.26. The third kappa shape index (κ3) is 6.22. The minimum Gasteiger partial charge on any atom is -0.497 e. The zero-order chi connectivity index (χ0) is 33.0. The van der Waals surface area contributed by atoms with Gasteiger partial charge in [-0.15, -0.1) is 10.2 Å². The molecule has 0 radical (unpaired) electrons. The van der Waals surface area contributed by atoms with Crippen molar-refractivity contribution in [3.63, 3.8) is 0 Å². The Morgan fingerprint density at radius 1 is 0.667 bits per heavy atom. The topological polar surface area (TPSA) is 65.9 Å². The molecule has 1 heterocycles. The minimum absolute atomic E-state index is 0.0908. The van der Waals surface area contributed by atoms with Crippen LogP contribution in [0.25, 0.3) is 21.7 Å². The van der Waals surface area contributed by atoms with Crippen LogP contribution < -0.4 is 23.8 Å². The van der Waals surface area contributed by atoms with Crippen LogP contribution in [0.15, 0.2) is 102 Å². The highest BCUT2D eigenvalue weighted by Crippen LogP contribution is 2.49. The van der Waals surface area contributed by atoms with E-state index in [1.165, 1.54) is 17.5 Å². The van der Waals surface area contributed by atoms with Crippen LogP contribution in [0.2, 0.25) is 0 Å². The Balaban J connectivity index is 1.23. The molecule has 7 nitrogen and oxygen atoms in total. The van der Waals surface area contributed by atoms with Gasteiger partial charge in [0.25, 0.3) is 0 Å². The first-order valence-electron chi connectivity index (χ1n) is 16.0. The van der Waals surface area contributed by atoms with Crippen molar-refractivity contribution in [2.24, 2.45) is 5.92 Å². The number of anilines is 2. The molecular formula is C40H37N3O4S. The van der Waals surface area contributed by atoms with Gasteiger partial charge in [-0.3, -0.25) is 4.90 Å². The summed E-state index contributed by atoms with van der Waals surface area (Å²) in [5.74, 6) is 6.38. The summed E-state index contributed by atoms with van der Waals surface area (Å²) in [6, 6.07) is 34.3. The lowest BCUT2D eigenvalue weighted by Gasteiger charge is -2.36. The average molecular weight is 656 g/mol. The molecule has 5 aromatic rings. The Bertz CT molecular complexity index is 1970. The van der Waals surface area contributed by atoms with E-state index >= 15 is 0 Å². The van der Waals surface area contributed by atoms with Gasteiger partial charge in [0.15, 0.2) is 11.5 Å². The van der Waals surface area contributed by atoms with Crippen LogP contribution >= 0.6 is 11.3 Å². The number of allylic oxidation sites excluding steroid dienone is 2. The third-order valence-electron chi connectivity index (χ3n) is 9.24. The predicted molar refractivity (Wildman–Crippen MR) is 192 cm³/mol. The van der Waals surface area contributed by atoms with Crippen LogP contribution in [0, 0.1) is 17.9 Å². The molecule has 1 aromatic heterocycles. The minimum atomic E-state index is 0.0908. The summed E-state index contributed by atoms with van der Waals surface area (Å²) in [5, 5.41) is 11.4. The summed E-state index contributed by atoms with van der Waals surface area (Å²) in [4.78, 5) is 1.98. The monoisotopic (exact) mass is 655 g/mol. The number of benzene rings is 4. The van der Waals surface area contributed by atoms with Crippen LogP contribution in [0.4, 0.5) is 11.4 Å². The van der Waals surface area contributed by atoms with Gasteiger partial charge >= 0.3 is 0 Å². The molecule has 0 amide bonds. The Kier molecular flexibility index (Phi) is 9.04. The molecule has 242 valence electrons. The normalized spacial score (nSPS) is 16.6. The van der Waals surface area contributed by atoms with E-state index < -0.39 is 0 Å². The average Bonchev–Trinajstić information content (AvgIpc) is 3.63. The molecule has 2 aliphatic rings. The molecule has 0 bridgehead atoms. The fourth-order valence-corrected chi connectivity index (χ4v) is 7.50. The lowest BCUT2D eigenvalue weighted by Crippen LogP contribution is -2.24. The van der Waals surface area contributed by atoms with Gasteiger partial charge < -0.3 is 18.9 Å². The second kappa shape index (κ2) is 13.8. The molecule has 0 saturated carbocycles. The van der Waals surface area contributed by atoms with Gasteiger partial charge in [0, 0.05) is 35.6 Å². The number of methoxy groups -OCH3 is 4. The third-order valence-corrected chi connectivity index (χ3v) is 10.3. The quantitative estimate of drug-likeness (QED) is 0.0891. The van der Waals surface area contributed by atoms with E-state index in [2.05, 4.69) is 65.6 Å². The van der Waals surface area contributed by atoms with Crippen molar-refractivity contribution in [1.82, 2.24) is 10.2 Å². The first kappa shape index (κ1) is 31.3. The molecule has 0 aliphatic heterocycles. The second-order valence-corrected chi connectivity index (χ2v) is 12.9. The first-order valence-corrected chi connectivity index (χ1v) is 16.8. The van der Waals surface area contributed by atoms with Crippen LogP contribution in [0.3, 0.4) is 0 Å². The highest BCUT2D eigenvalue weighted by atomic mass is 32.1. The highest BCUT2D eigenvalue weighted by Gasteiger charge is 2.36. The van der Waals surface area contributed by atoms with E-state index in [4.69, 9.17) is 24.0 Å². The van der Waals surface area contributed by atoms with Crippen molar-refractivity contribution in [1.29, 1.82) is 0 Å². The lowest BCUT2D eigenvalue weighted by molar-refractivity contribution is 0.324. The van der Waals surface area contributed by atoms with Crippen LogP contribution in [0.1, 0.15) is 36.6 Å². The smallest absolute Gasteiger partial charge is 0.203 e. The fraction of sp³-hybridized carbons (Fsp3) is 0.250. The number of hydrogen-bond acceptors (Lipinski definition) is 8. The summed E-state index contributed by atoms with van der Waals surface area (Å²) in [6.07, 6.45) is 4.24. The van der Waals surface area contributed by atoms with Gasteiger partial charge in [-0.05, 0) is 61.1 Å². The predicted octanol–water partition coefficient (Wildman–Crippen LogP) is 9.29. The van der Waals surface area contributed by atoms with Crippen LogP contribution in [-0.2, 0) is 0 Å². The second-order valence-electron chi connectivity index (χ2n) is 11.9.